The van der Waals surface area contributed by atoms with Crippen LogP contribution in [0, 0.1) is 0 Å². The molecule has 25 heavy (non-hydrogen) atoms. The van der Waals surface area contributed by atoms with Crippen LogP contribution in [0.1, 0.15) is 43.7 Å². The molecule has 2 aromatic rings. The molecule has 3 nitrogen and oxygen atoms in total. The summed E-state index contributed by atoms with van der Waals surface area (Å²) in [6.07, 6.45) is 4.49. The van der Waals surface area contributed by atoms with Gasteiger partial charge in [-0.15, -0.1) is 0 Å². The monoisotopic (exact) mass is 336 g/mol. The largest absolute Gasteiger partial charge is 0.369 e. The van der Waals surface area contributed by atoms with Crippen LogP contribution in [0.15, 0.2) is 60.7 Å². The molecule has 1 fully saturated rings. The second kappa shape index (κ2) is 7.83. The van der Waals surface area contributed by atoms with E-state index >= 15 is 0 Å². The summed E-state index contributed by atoms with van der Waals surface area (Å²) in [6.45, 7) is 4.28. The van der Waals surface area contributed by atoms with Gasteiger partial charge < -0.3 is 10.6 Å². The van der Waals surface area contributed by atoms with Crippen molar-refractivity contribution in [2.45, 2.75) is 44.1 Å². The van der Waals surface area contributed by atoms with Crippen LogP contribution in [0.3, 0.4) is 0 Å². The first kappa shape index (κ1) is 17.7. The molecule has 3 heteroatoms. The second-order valence-electron chi connectivity index (χ2n) is 7.13. The third kappa shape index (κ3) is 3.62. The van der Waals surface area contributed by atoms with Crippen molar-refractivity contribution < 1.29 is 4.79 Å². The third-order valence-electron chi connectivity index (χ3n) is 5.67. The first-order chi connectivity index (χ1) is 12.1. The lowest BCUT2D eigenvalue weighted by Crippen LogP contribution is -2.47. The predicted molar refractivity (Wildman–Crippen MR) is 102 cm³/mol. The number of carbonyl (C=O) groups excluding carboxylic acids is 1. The Bertz CT molecular complexity index is 644. The molecule has 1 aliphatic heterocycles. The average Bonchev–Trinajstić information content (AvgIpc) is 2.65. The summed E-state index contributed by atoms with van der Waals surface area (Å²) < 4.78 is 0. The lowest BCUT2D eigenvalue weighted by molar-refractivity contribution is -0.122. The van der Waals surface area contributed by atoms with Crippen molar-refractivity contribution in [1.29, 1.82) is 0 Å². The minimum absolute atomic E-state index is 0.269. The molecule has 0 aromatic heterocycles. The smallest absolute Gasteiger partial charge is 0.232 e. The van der Waals surface area contributed by atoms with Crippen LogP contribution < -0.4 is 5.73 Å². The van der Waals surface area contributed by atoms with E-state index in [-0.39, 0.29) is 5.91 Å². The van der Waals surface area contributed by atoms with Crippen molar-refractivity contribution in [1.82, 2.24) is 4.90 Å². The van der Waals surface area contributed by atoms with Gasteiger partial charge in [0, 0.05) is 12.6 Å². The lowest BCUT2D eigenvalue weighted by atomic mass is 9.71. The summed E-state index contributed by atoms with van der Waals surface area (Å²) in [5.41, 5.74) is 7.22. The molecule has 0 unspecified atom stereocenters. The van der Waals surface area contributed by atoms with Crippen molar-refractivity contribution in [3.63, 3.8) is 0 Å². The molecule has 1 aliphatic rings. The number of hydrogen-bond acceptors (Lipinski definition) is 2. The Balaban J connectivity index is 1.97. The van der Waals surface area contributed by atoms with Gasteiger partial charge in [-0.3, -0.25) is 4.79 Å². The van der Waals surface area contributed by atoms with Gasteiger partial charge in [0.1, 0.15) is 0 Å². The topological polar surface area (TPSA) is 46.3 Å². The number of amides is 1. The Morgan fingerprint density at radius 1 is 1.04 bits per heavy atom. The zero-order chi connectivity index (χ0) is 17.7. The van der Waals surface area contributed by atoms with E-state index in [1.807, 2.05) is 60.7 Å². The van der Waals surface area contributed by atoms with E-state index in [1.54, 1.807) is 0 Å². The van der Waals surface area contributed by atoms with Gasteiger partial charge in [0.05, 0.1) is 5.41 Å². The molecule has 1 heterocycles. The Morgan fingerprint density at radius 2 is 1.60 bits per heavy atom. The van der Waals surface area contributed by atoms with Gasteiger partial charge in [0.2, 0.25) is 5.91 Å². The molecule has 1 amide bonds. The number of primary amides is 1. The van der Waals surface area contributed by atoms with Gasteiger partial charge >= 0.3 is 0 Å². The molecule has 2 aromatic carbocycles. The minimum atomic E-state index is -0.778. The van der Waals surface area contributed by atoms with E-state index in [1.165, 1.54) is 19.3 Å². The van der Waals surface area contributed by atoms with Crippen LogP contribution in [0.5, 0.6) is 0 Å². The number of piperidine rings is 1. The molecule has 2 N–H and O–H groups in total. The normalized spacial score (nSPS) is 18.8. The molecule has 132 valence electrons. The standard InChI is InChI=1S/C22H28N2O/c1-18-10-8-9-16-24(18)17-15-22(21(23)25,19-11-4-2-5-12-19)20-13-6-3-7-14-20/h2-7,11-14,18H,8-10,15-17H2,1H3,(H2,23,25)/t18-/m1/s1. The summed E-state index contributed by atoms with van der Waals surface area (Å²) in [5, 5.41) is 0. The fourth-order valence-corrected chi connectivity index (χ4v) is 4.11. The highest BCUT2D eigenvalue weighted by molar-refractivity contribution is 5.90. The van der Waals surface area contributed by atoms with E-state index in [4.69, 9.17) is 5.73 Å². The van der Waals surface area contributed by atoms with Crippen molar-refractivity contribution >= 4 is 5.91 Å². The number of carbonyl (C=O) groups is 1. The van der Waals surface area contributed by atoms with Crippen molar-refractivity contribution in [3.8, 4) is 0 Å². The van der Waals surface area contributed by atoms with E-state index in [0.29, 0.717) is 12.5 Å². The number of nitrogens with zero attached hydrogens (tertiary/aromatic N) is 1. The van der Waals surface area contributed by atoms with Gasteiger partial charge in [-0.2, -0.15) is 0 Å². The van der Waals surface area contributed by atoms with Crippen molar-refractivity contribution in [2.24, 2.45) is 5.73 Å². The van der Waals surface area contributed by atoms with Gasteiger partial charge in [-0.25, -0.2) is 0 Å². The number of rotatable bonds is 6. The van der Waals surface area contributed by atoms with Gasteiger partial charge in [-0.05, 0) is 43.9 Å². The molecule has 0 spiro atoms. The molecule has 3 rings (SSSR count). The predicted octanol–water partition coefficient (Wildman–Crippen LogP) is 3.72. The zero-order valence-corrected chi connectivity index (χ0v) is 15.0. The van der Waals surface area contributed by atoms with Gasteiger partial charge in [0.15, 0.2) is 0 Å². The highest BCUT2D eigenvalue weighted by Gasteiger charge is 2.40. The maximum Gasteiger partial charge on any atom is 0.232 e. The van der Waals surface area contributed by atoms with E-state index in [9.17, 15) is 4.79 Å². The lowest BCUT2D eigenvalue weighted by Gasteiger charge is -2.38. The second-order valence-corrected chi connectivity index (χ2v) is 7.13. The summed E-state index contributed by atoms with van der Waals surface area (Å²) in [4.78, 5) is 15.3. The summed E-state index contributed by atoms with van der Waals surface area (Å²) in [6, 6.07) is 20.6. The Kier molecular flexibility index (Phi) is 5.54. The van der Waals surface area contributed by atoms with Crippen LogP contribution in [0.2, 0.25) is 0 Å². The quantitative estimate of drug-likeness (QED) is 0.874. The van der Waals surface area contributed by atoms with Crippen LogP contribution in [0.4, 0.5) is 0 Å². The fourth-order valence-electron chi connectivity index (χ4n) is 4.11. The average molecular weight is 336 g/mol. The highest BCUT2D eigenvalue weighted by atomic mass is 16.1. The van der Waals surface area contributed by atoms with Gasteiger partial charge in [-0.1, -0.05) is 67.1 Å². The van der Waals surface area contributed by atoms with E-state index in [2.05, 4.69) is 11.8 Å². The van der Waals surface area contributed by atoms with Crippen LogP contribution in [-0.2, 0) is 10.2 Å². The Labute approximate surface area is 150 Å². The van der Waals surface area contributed by atoms with Crippen molar-refractivity contribution in [3.05, 3.63) is 71.8 Å². The number of nitrogens with two attached hydrogens (primary N) is 1. The van der Waals surface area contributed by atoms with Crippen LogP contribution >= 0.6 is 0 Å². The number of benzene rings is 2. The first-order valence-corrected chi connectivity index (χ1v) is 9.29. The SMILES string of the molecule is C[C@@H]1CCCCN1CCC(C(N)=O)(c1ccccc1)c1ccccc1. The van der Waals surface area contributed by atoms with Crippen LogP contribution in [0.25, 0.3) is 0 Å². The maximum atomic E-state index is 12.8. The molecular weight excluding hydrogens is 308 g/mol. The molecule has 0 radical (unpaired) electrons. The number of likely N-dealkylation sites (tertiary alicyclic amines) is 1. The zero-order valence-electron chi connectivity index (χ0n) is 15.0. The molecule has 1 saturated heterocycles. The van der Waals surface area contributed by atoms with E-state index < -0.39 is 5.41 Å². The maximum absolute atomic E-state index is 12.8. The van der Waals surface area contributed by atoms with Crippen LogP contribution in [-0.4, -0.2) is 29.9 Å². The Morgan fingerprint density at radius 3 is 2.08 bits per heavy atom. The molecular formula is C22H28N2O. The molecule has 1 atom stereocenters. The highest BCUT2D eigenvalue weighted by Crippen LogP contribution is 2.36. The molecule has 0 bridgehead atoms. The van der Waals surface area contributed by atoms with E-state index in [0.717, 1.165) is 24.2 Å². The fraction of sp³-hybridized carbons (Fsp3) is 0.409. The number of hydrogen-bond donors (Lipinski definition) is 1. The minimum Gasteiger partial charge on any atom is -0.369 e. The summed E-state index contributed by atoms with van der Waals surface area (Å²) >= 11 is 0. The first-order valence-electron chi connectivity index (χ1n) is 9.29. The summed E-state index contributed by atoms with van der Waals surface area (Å²) in [7, 11) is 0. The van der Waals surface area contributed by atoms with Crippen molar-refractivity contribution in [2.75, 3.05) is 13.1 Å². The van der Waals surface area contributed by atoms with Gasteiger partial charge in [0.25, 0.3) is 0 Å². The summed E-state index contributed by atoms with van der Waals surface area (Å²) in [5.74, 6) is -0.269. The Hall–Kier alpha value is -2.13. The third-order valence-corrected chi connectivity index (χ3v) is 5.67. The molecule has 0 saturated carbocycles. The molecule has 0 aliphatic carbocycles.